The Kier molecular flexibility index (Phi) is 6.32. The number of hydrogen-bond acceptors (Lipinski definition) is 3. The van der Waals surface area contributed by atoms with Gasteiger partial charge in [0.1, 0.15) is 0 Å². The maximum Gasteiger partial charge on any atom is 0.244 e. The molecule has 158 valence electrons. The van der Waals surface area contributed by atoms with Gasteiger partial charge < -0.3 is 4.90 Å². The number of hydrogen-bond donors (Lipinski definition) is 2. The van der Waals surface area contributed by atoms with Crippen molar-refractivity contribution in [3.05, 3.63) is 69.7 Å². The Bertz CT molecular complexity index is 930. The summed E-state index contributed by atoms with van der Waals surface area (Å²) >= 11 is 12.4. The predicted octanol–water partition coefficient (Wildman–Crippen LogP) is 4.97. The van der Waals surface area contributed by atoms with Gasteiger partial charge in [0, 0.05) is 34.8 Å². The summed E-state index contributed by atoms with van der Waals surface area (Å²) in [5.41, 5.74) is 3.72. The number of amides is 2. The molecule has 2 amide bonds. The van der Waals surface area contributed by atoms with Crippen molar-refractivity contribution in [2.75, 3.05) is 6.54 Å². The van der Waals surface area contributed by atoms with E-state index in [1.165, 1.54) is 0 Å². The molecular formula is C23H24Cl2N2O3. The van der Waals surface area contributed by atoms with Crippen LogP contribution in [0.25, 0.3) is 0 Å². The van der Waals surface area contributed by atoms with Crippen LogP contribution in [0.15, 0.2) is 48.5 Å². The average Bonchev–Trinajstić information content (AvgIpc) is 3.55. The van der Waals surface area contributed by atoms with Crippen LogP contribution in [0.1, 0.15) is 48.8 Å². The molecule has 2 N–H and O–H groups in total. The molecule has 1 aliphatic heterocycles. The van der Waals surface area contributed by atoms with Crippen molar-refractivity contribution in [3.63, 3.8) is 0 Å². The van der Waals surface area contributed by atoms with Crippen molar-refractivity contribution in [1.29, 1.82) is 0 Å². The van der Waals surface area contributed by atoms with Crippen LogP contribution in [0.3, 0.4) is 0 Å². The number of piperidine rings is 1. The maximum atomic E-state index is 13.4. The summed E-state index contributed by atoms with van der Waals surface area (Å²) in [6.45, 7) is 0.667. The molecule has 1 heterocycles. The lowest BCUT2D eigenvalue weighted by Crippen LogP contribution is -2.48. The van der Waals surface area contributed by atoms with Crippen LogP contribution in [0, 0.1) is 11.8 Å². The molecule has 0 bridgehead atoms. The topological polar surface area (TPSA) is 69.6 Å². The second-order valence-electron chi connectivity index (χ2n) is 8.26. The summed E-state index contributed by atoms with van der Waals surface area (Å²) in [5.74, 6) is -0.617. The van der Waals surface area contributed by atoms with Crippen LogP contribution >= 0.6 is 23.2 Å². The van der Waals surface area contributed by atoms with Crippen LogP contribution in [0.5, 0.6) is 0 Å². The highest BCUT2D eigenvalue weighted by Gasteiger charge is 2.45. The lowest BCUT2D eigenvalue weighted by molar-refractivity contribution is -0.147. The fourth-order valence-electron chi connectivity index (χ4n) is 4.48. The Labute approximate surface area is 185 Å². The molecule has 3 atom stereocenters. The Hall–Kier alpha value is -2.08. The van der Waals surface area contributed by atoms with E-state index < -0.39 is 11.8 Å². The van der Waals surface area contributed by atoms with Gasteiger partial charge in [-0.3, -0.25) is 14.8 Å². The van der Waals surface area contributed by atoms with Gasteiger partial charge in [0.15, 0.2) is 0 Å². The number of rotatable bonds is 6. The van der Waals surface area contributed by atoms with E-state index in [2.05, 4.69) is 0 Å². The zero-order valence-electron chi connectivity index (χ0n) is 16.4. The zero-order chi connectivity index (χ0) is 21.3. The zero-order valence-corrected chi connectivity index (χ0v) is 17.9. The maximum absolute atomic E-state index is 13.4. The van der Waals surface area contributed by atoms with Gasteiger partial charge in [-0.25, -0.2) is 5.48 Å². The predicted molar refractivity (Wildman–Crippen MR) is 115 cm³/mol. The van der Waals surface area contributed by atoms with Gasteiger partial charge in [0.25, 0.3) is 0 Å². The minimum atomic E-state index is -0.547. The number of carbonyl (C=O) groups excluding carboxylic acids is 2. The van der Waals surface area contributed by atoms with E-state index in [4.69, 9.17) is 28.4 Å². The van der Waals surface area contributed by atoms with Crippen molar-refractivity contribution in [2.24, 2.45) is 11.8 Å². The lowest BCUT2D eigenvalue weighted by atomic mass is 9.74. The first-order chi connectivity index (χ1) is 14.5. The van der Waals surface area contributed by atoms with E-state index in [0.717, 1.165) is 24.0 Å². The summed E-state index contributed by atoms with van der Waals surface area (Å²) in [5, 5.41) is 10.3. The second kappa shape index (κ2) is 8.96. The van der Waals surface area contributed by atoms with Crippen molar-refractivity contribution in [3.8, 4) is 0 Å². The van der Waals surface area contributed by atoms with Crippen LogP contribution in [0.4, 0.5) is 0 Å². The Morgan fingerprint density at radius 2 is 1.80 bits per heavy atom. The second-order valence-corrected chi connectivity index (χ2v) is 9.14. The lowest BCUT2D eigenvalue weighted by Gasteiger charge is -2.45. The number of likely N-dealkylation sites (tertiary alicyclic amines) is 1. The number of nitrogens with zero attached hydrogens (tertiary/aromatic N) is 1. The van der Waals surface area contributed by atoms with Crippen LogP contribution < -0.4 is 5.48 Å². The van der Waals surface area contributed by atoms with E-state index in [1.807, 2.05) is 53.4 Å². The number of nitrogens with one attached hydrogen (secondary N) is 1. The molecule has 1 saturated heterocycles. The third kappa shape index (κ3) is 4.64. The SMILES string of the molecule is O=C(C[C@H]1CC(c2cccc(Cl)c2)C(c2ccc(Cl)cc2)N(CC2CC2)C1=O)NO. The first kappa shape index (κ1) is 21.2. The van der Waals surface area contributed by atoms with Gasteiger partial charge in [0.05, 0.1) is 6.04 Å². The fraction of sp³-hybridized carbons (Fsp3) is 0.391. The van der Waals surface area contributed by atoms with Crippen molar-refractivity contribution < 1.29 is 14.8 Å². The molecule has 2 aromatic carbocycles. The van der Waals surface area contributed by atoms with Gasteiger partial charge >= 0.3 is 0 Å². The van der Waals surface area contributed by atoms with E-state index in [1.54, 1.807) is 5.48 Å². The quantitative estimate of drug-likeness (QED) is 0.485. The van der Waals surface area contributed by atoms with Gasteiger partial charge in [-0.2, -0.15) is 0 Å². The first-order valence-corrected chi connectivity index (χ1v) is 11.0. The third-order valence-electron chi connectivity index (χ3n) is 6.08. The minimum absolute atomic E-state index is 0.0298. The number of carbonyl (C=O) groups is 2. The molecule has 0 aromatic heterocycles. The van der Waals surface area contributed by atoms with Crippen LogP contribution in [0.2, 0.25) is 10.0 Å². The molecule has 4 rings (SSSR count). The largest absolute Gasteiger partial charge is 0.335 e. The van der Waals surface area contributed by atoms with Gasteiger partial charge in [-0.1, -0.05) is 47.5 Å². The average molecular weight is 447 g/mol. The third-order valence-corrected chi connectivity index (χ3v) is 6.57. The molecule has 5 nitrogen and oxygen atoms in total. The Morgan fingerprint density at radius 1 is 1.07 bits per heavy atom. The number of hydroxylamine groups is 1. The summed E-state index contributed by atoms with van der Waals surface area (Å²) in [6, 6.07) is 15.2. The smallest absolute Gasteiger partial charge is 0.244 e. The molecule has 30 heavy (non-hydrogen) atoms. The molecular weight excluding hydrogens is 423 g/mol. The highest BCUT2D eigenvalue weighted by molar-refractivity contribution is 6.30. The van der Waals surface area contributed by atoms with Gasteiger partial charge in [-0.05, 0) is 60.6 Å². The molecule has 1 aliphatic carbocycles. The summed E-state index contributed by atoms with van der Waals surface area (Å²) in [4.78, 5) is 27.3. The minimum Gasteiger partial charge on any atom is -0.335 e. The highest BCUT2D eigenvalue weighted by atomic mass is 35.5. The number of halogens is 2. The van der Waals surface area contributed by atoms with Crippen molar-refractivity contribution >= 4 is 35.0 Å². The van der Waals surface area contributed by atoms with Crippen LogP contribution in [-0.4, -0.2) is 28.5 Å². The summed E-state index contributed by atoms with van der Waals surface area (Å²) < 4.78 is 0. The van der Waals surface area contributed by atoms with Crippen LogP contribution in [-0.2, 0) is 9.59 Å². The summed E-state index contributed by atoms with van der Waals surface area (Å²) in [6.07, 6.45) is 2.68. The van der Waals surface area contributed by atoms with Gasteiger partial charge in [0.2, 0.25) is 11.8 Å². The summed E-state index contributed by atoms with van der Waals surface area (Å²) in [7, 11) is 0. The normalized spacial score (nSPS) is 24.0. The molecule has 0 spiro atoms. The molecule has 2 aromatic rings. The standard InChI is InChI=1S/C23H24Cl2N2O3/c24-18-8-6-15(7-9-18)22-20(16-2-1-3-19(25)10-16)11-17(12-21(28)26-30)23(29)27(22)13-14-4-5-14/h1-3,6-10,14,17,20,22,30H,4-5,11-13H2,(H,26,28)/t17-,20?,22?/m1/s1. The fourth-order valence-corrected chi connectivity index (χ4v) is 4.80. The van der Waals surface area contributed by atoms with E-state index in [9.17, 15) is 9.59 Å². The van der Waals surface area contributed by atoms with Crippen molar-refractivity contribution in [2.45, 2.75) is 37.6 Å². The highest BCUT2D eigenvalue weighted by Crippen LogP contribution is 2.48. The van der Waals surface area contributed by atoms with Gasteiger partial charge in [-0.15, -0.1) is 0 Å². The molecule has 1 saturated carbocycles. The molecule has 2 unspecified atom stereocenters. The number of benzene rings is 2. The van der Waals surface area contributed by atoms with E-state index in [0.29, 0.717) is 28.9 Å². The molecule has 0 radical (unpaired) electrons. The Balaban J connectivity index is 1.77. The van der Waals surface area contributed by atoms with E-state index >= 15 is 0 Å². The molecule has 2 fully saturated rings. The Morgan fingerprint density at radius 3 is 2.43 bits per heavy atom. The molecule has 7 heteroatoms. The molecule has 2 aliphatic rings. The monoisotopic (exact) mass is 446 g/mol. The van der Waals surface area contributed by atoms with E-state index in [-0.39, 0.29) is 24.3 Å². The van der Waals surface area contributed by atoms with Crippen molar-refractivity contribution in [1.82, 2.24) is 10.4 Å². The first-order valence-electron chi connectivity index (χ1n) is 10.2.